The van der Waals surface area contributed by atoms with E-state index in [-0.39, 0.29) is 17.6 Å². The second kappa shape index (κ2) is 7.33. The van der Waals surface area contributed by atoms with E-state index in [0.29, 0.717) is 0 Å². The second-order valence-electron chi connectivity index (χ2n) is 6.19. The fraction of sp³-hybridized carbons (Fsp3) is 0.294. The molecule has 0 unspecified atom stereocenters. The Bertz CT molecular complexity index is 1040. The molecular weight excluding hydrogens is 377 g/mol. The first-order chi connectivity index (χ1) is 13.1. The molecule has 0 aliphatic rings. The van der Waals surface area contributed by atoms with Crippen LogP contribution in [-0.2, 0) is 28.9 Å². The quantitative estimate of drug-likeness (QED) is 0.659. The lowest BCUT2D eigenvalue weighted by atomic mass is 10.3. The van der Waals surface area contributed by atoms with E-state index in [1.807, 2.05) is 0 Å². The van der Waals surface area contributed by atoms with Gasteiger partial charge in [-0.25, -0.2) is 4.98 Å². The third-order valence-corrected chi connectivity index (χ3v) is 3.95. The zero-order valence-corrected chi connectivity index (χ0v) is 15.0. The van der Waals surface area contributed by atoms with Crippen LogP contribution in [0.25, 0.3) is 11.0 Å². The number of nitrogens with zero attached hydrogens (tertiary/aromatic N) is 4. The first-order valence-corrected chi connectivity index (χ1v) is 8.26. The number of hydrazine groups is 1. The van der Waals surface area contributed by atoms with Gasteiger partial charge in [0.25, 0.3) is 11.8 Å². The summed E-state index contributed by atoms with van der Waals surface area (Å²) in [6.45, 7) is 2.75. The number of halogens is 3. The van der Waals surface area contributed by atoms with Gasteiger partial charge in [-0.3, -0.25) is 25.1 Å². The van der Waals surface area contributed by atoms with Gasteiger partial charge in [0.05, 0.1) is 16.7 Å². The third-order valence-electron chi connectivity index (χ3n) is 3.95. The summed E-state index contributed by atoms with van der Waals surface area (Å²) in [7, 11) is 0. The molecule has 0 saturated heterocycles. The maximum atomic E-state index is 13.2. The number of amides is 2. The first-order valence-electron chi connectivity index (χ1n) is 8.26. The average Bonchev–Trinajstić information content (AvgIpc) is 3.13. The molecule has 3 aromatic rings. The fourth-order valence-corrected chi connectivity index (χ4v) is 2.79. The van der Waals surface area contributed by atoms with E-state index in [9.17, 15) is 22.8 Å². The molecule has 0 fully saturated rings. The fourth-order valence-electron chi connectivity index (χ4n) is 2.79. The highest BCUT2D eigenvalue weighted by atomic mass is 19.4. The second-order valence-corrected chi connectivity index (χ2v) is 6.19. The van der Waals surface area contributed by atoms with Crippen LogP contribution >= 0.6 is 0 Å². The summed E-state index contributed by atoms with van der Waals surface area (Å²) >= 11 is 0. The van der Waals surface area contributed by atoms with E-state index in [4.69, 9.17) is 0 Å². The van der Waals surface area contributed by atoms with Crippen LogP contribution in [0.2, 0.25) is 0 Å². The Kier molecular flexibility index (Phi) is 5.08. The number of para-hydroxylation sites is 2. The Balaban J connectivity index is 1.68. The van der Waals surface area contributed by atoms with Crippen LogP contribution in [0.1, 0.15) is 17.2 Å². The van der Waals surface area contributed by atoms with Crippen molar-refractivity contribution >= 4 is 22.8 Å². The van der Waals surface area contributed by atoms with Gasteiger partial charge in [-0.2, -0.15) is 18.3 Å². The average molecular weight is 394 g/mol. The highest BCUT2D eigenvalue weighted by molar-refractivity contribution is 5.83. The molecule has 2 aromatic heterocycles. The molecule has 2 amide bonds. The summed E-state index contributed by atoms with van der Waals surface area (Å²) in [6.07, 6.45) is -4.72. The molecule has 0 bridgehead atoms. The number of carbonyl (C=O) groups is 2. The molecule has 2 heterocycles. The lowest BCUT2D eigenvalue weighted by Crippen LogP contribution is -2.45. The zero-order chi connectivity index (χ0) is 20.5. The standard InChI is InChI=1S/C17H17F3N6O2/c1-10-7-11(2)26(24-10)9-15(28)23-22-14(27)8-25-13-6-4-3-5-12(13)21-16(25)17(18,19)20/h3-7H,8-9H2,1-2H3,(H,22,27)(H,23,28). The van der Waals surface area contributed by atoms with Crippen molar-refractivity contribution in [1.82, 2.24) is 30.2 Å². The summed E-state index contributed by atoms with van der Waals surface area (Å²) in [5.41, 5.74) is 6.07. The Labute approximate surface area is 157 Å². The molecule has 0 saturated carbocycles. The molecule has 28 heavy (non-hydrogen) atoms. The first kappa shape index (κ1) is 19.4. The van der Waals surface area contributed by atoms with Gasteiger partial charge in [-0.1, -0.05) is 12.1 Å². The van der Waals surface area contributed by atoms with Crippen LogP contribution in [0.5, 0.6) is 0 Å². The largest absolute Gasteiger partial charge is 0.449 e. The molecule has 3 rings (SSSR count). The van der Waals surface area contributed by atoms with Crippen LogP contribution in [0.3, 0.4) is 0 Å². The Morgan fingerprint density at radius 2 is 1.71 bits per heavy atom. The number of carbonyl (C=O) groups excluding carboxylic acids is 2. The molecule has 2 N–H and O–H groups in total. The number of aromatic nitrogens is 4. The Morgan fingerprint density at radius 1 is 1.07 bits per heavy atom. The Morgan fingerprint density at radius 3 is 2.32 bits per heavy atom. The van der Waals surface area contributed by atoms with Gasteiger partial charge in [-0.15, -0.1) is 0 Å². The van der Waals surface area contributed by atoms with Crippen molar-refractivity contribution in [2.75, 3.05) is 0 Å². The van der Waals surface area contributed by atoms with Crippen molar-refractivity contribution < 1.29 is 22.8 Å². The highest BCUT2D eigenvalue weighted by Crippen LogP contribution is 2.31. The lowest BCUT2D eigenvalue weighted by molar-refractivity contribution is -0.147. The molecule has 0 radical (unpaired) electrons. The summed E-state index contributed by atoms with van der Waals surface area (Å²) in [6, 6.07) is 7.75. The van der Waals surface area contributed by atoms with Gasteiger partial charge in [-0.05, 0) is 32.0 Å². The van der Waals surface area contributed by atoms with Crippen molar-refractivity contribution in [3.8, 4) is 0 Å². The van der Waals surface area contributed by atoms with Crippen LogP contribution in [-0.4, -0.2) is 31.1 Å². The van der Waals surface area contributed by atoms with Crippen LogP contribution < -0.4 is 10.9 Å². The number of hydrogen-bond acceptors (Lipinski definition) is 4. The third kappa shape index (κ3) is 4.13. The molecule has 0 aliphatic heterocycles. The van der Waals surface area contributed by atoms with Gasteiger partial charge in [0.2, 0.25) is 5.82 Å². The number of imidazole rings is 1. The number of nitrogens with one attached hydrogen (secondary N) is 2. The van der Waals surface area contributed by atoms with E-state index in [0.717, 1.165) is 16.0 Å². The molecule has 0 spiro atoms. The number of benzene rings is 1. The zero-order valence-electron chi connectivity index (χ0n) is 15.0. The maximum Gasteiger partial charge on any atom is 0.449 e. The summed E-state index contributed by atoms with van der Waals surface area (Å²) in [5.74, 6) is -2.57. The molecular formula is C17H17F3N6O2. The normalized spacial score (nSPS) is 11.6. The van der Waals surface area contributed by atoms with Crippen molar-refractivity contribution in [2.45, 2.75) is 33.1 Å². The summed E-state index contributed by atoms with van der Waals surface area (Å²) < 4.78 is 41.9. The van der Waals surface area contributed by atoms with Crippen LogP contribution in [0.4, 0.5) is 13.2 Å². The van der Waals surface area contributed by atoms with E-state index >= 15 is 0 Å². The van der Waals surface area contributed by atoms with Gasteiger partial charge in [0, 0.05) is 5.69 Å². The van der Waals surface area contributed by atoms with Gasteiger partial charge in [0.15, 0.2) is 0 Å². The topological polar surface area (TPSA) is 93.8 Å². The number of alkyl halides is 3. The predicted octanol–water partition coefficient (Wildman–Crippen LogP) is 1.72. The predicted molar refractivity (Wildman–Crippen MR) is 92.7 cm³/mol. The smallest absolute Gasteiger partial charge is 0.311 e. The van der Waals surface area contributed by atoms with Crippen LogP contribution in [0, 0.1) is 13.8 Å². The minimum absolute atomic E-state index is 0.121. The lowest BCUT2D eigenvalue weighted by Gasteiger charge is -2.12. The summed E-state index contributed by atoms with van der Waals surface area (Å²) in [5, 5.41) is 4.12. The highest BCUT2D eigenvalue weighted by Gasteiger charge is 2.38. The van der Waals surface area contributed by atoms with Crippen molar-refractivity contribution in [3.05, 3.63) is 47.5 Å². The monoisotopic (exact) mass is 394 g/mol. The van der Waals surface area contributed by atoms with Crippen molar-refractivity contribution in [1.29, 1.82) is 0 Å². The summed E-state index contributed by atoms with van der Waals surface area (Å²) in [4.78, 5) is 27.6. The van der Waals surface area contributed by atoms with E-state index < -0.39 is 30.4 Å². The van der Waals surface area contributed by atoms with Crippen LogP contribution in [0.15, 0.2) is 30.3 Å². The Hall–Kier alpha value is -3.37. The molecule has 11 heteroatoms. The molecule has 1 aromatic carbocycles. The molecule has 8 nitrogen and oxygen atoms in total. The number of rotatable bonds is 4. The van der Waals surface area contributed by atoms with E-state index in [1.165, 1.54) is 16.8 Å². The van der Waals surface area contributed by atoms with Crippen molar-refractivity contribution in [3.63, 3.8) is 0 Å². The SMILES string of the molecule is Cc1cc(C)n(CC(=O)NNC(=O)Cn2c(C(F)(F)F)nc3ccccc32)n1. The van der Waals surface area contributed by atoms with Gasteiger partial charge in [0.1, 0.15) is 13.1 Å². The van der Waals surface area contributed by atoms with Gasteiger partial charge < -0.3 is 4.57 Å². The van der Waals surface area contributed by atoms with Crippen molar-refractivity contribution in [2.24, 2.45) is 0 Å². The van der Waals surface area contributed by atoms with E-state index in [1.54, 1.807) is 32.0 Å². The van der Waals surface area contributed by atoms with E-state index in [2.05, 4.69) is 20.9 Å². The van der Waals surface area contributed by atoms with Gasteiger partial charge >= 0.3 is 6.18 Å². The molecule has 148 valence electrons. The number of aryl methyl sites for hydroxylation is 2. The number of hydrogen-bond donors (Lipinski definition) is 2. The number of fused-ring (bicyclic) bond motifs is 1. The molecule has 0 aliphatic carbocycles. The minimum atomic E-state index is -4.72. The molecule has 0 atom stereocenters. The maximum absolute atomic E-state index is 13.2. The minimum Gasteiger partial charge on any atom is -0.311 e.